The first kappa shape index (κ1) is 21.0. The average Bonchev–Trinajstić information content (AvgIpc) is 3.10. The summed E-state index contributed by atoms with van der Waals surface area (Å²) < 4.78 is 19.9. The fourth-order valence-electron chi connectivity index (χ4n) is 3.50. The zero-order valence-corrected chi connectivity index (χ0v) is 17.0. The molecule has 1 N–H and O–H groups in total. The highest BCUT2D eigenvalue weighted by Crippen LogP contribution is 2.26. The number of amides is 4. The number of esters is 1. The highest BCUT2D eigenvalue weighted by Gasteiger charge is 2.37. The molecule has 4 amide bonds. The summed E-state index contributed by atoms with van der Waals surface area (Å²) in [5.74, 6) is -2.64. The molecule has 0 aliphatic carbocycles. The molecule has 0 radical (unpaired) electrons. The molecule has 3 aromatic rings. The molecule has 0 spiro atoms. The van der Waals surface area contributed by atoms with Gasteiger partial charge in [-0.05, 0) is 43.3 Å². The van der Waals surface area contributed by atoms with Crippen molar-refractivity contribution in [3.05, 3.63) is 71.7 Å². The van der Waals surface area contributed by atoms with E-state index in [-0.39, 0.29) is 24.4 Å². The van der Waals surface area contributed by atoms with E-state index in [0.717, 1.165) is 17.0 Å². The summed E-state index contributed by atoms with van der Waals surface area (Å²) in [6.07, 6.45) is 3.00. The SMILES string of the molecule is CCOC(=O)Cn1cc(C=C2C(=O)NC(=O)N(c3ccc(F)cc3)C2=O)c2ccccc21. The lowest BCUT2D eigenvalue weighted by atomic mass is 10.1. The maximum Gasteiger partial charge on any atom is 0.335 e. The van der Waals surface area contributed by atoms with Gasteiger partial charge in [0.1, 0.15) is 17.9 Å². The summed E-state index contributed by atoms with van der Waals surface area (Å²) in [4.78, 5) is 50.5. The number of aromatic nitrogens is 1. The Morgan fingerprint density at radius 3 is 2.53 bits per heavy atom. The maximum atomic E-state index is 13.3. The Hall–Kier alpha value is -4.27. The number of hydrogen-bond acceptors (Lipinski definition) is 5. The molecule has 1 aliphatic rings. The summed E-state index contributed by atoms with van der Waals surface area (Å²) in [6.45, 7) is 1.91. The number of nitrogens with one attached hydrogen (secondary N) is 1. The van der Waals surface area contributed by atoms with Crippen LogP contribution in [0, 0.1) is 5.82 Å². The lowest BCUT2D eigenvalue weighted by Gasteiger charge is -2.26. The Kier molecular flexibility index (Phi) is 5.55. The molecule has 1 aromatic heterocycles. The van der Waals surface area contributed by atoms with Gasteiger partial charge in [0.25, 0.3) is 11.8 Å². The van der Waals surface area contributed by atoms with Crippen molar-refractivity contribution in [3.63, 3.8) is 0 Å². The van der Waals surface area contributed by atoms with Gasteiger partial charge in [0, 0.05) is 22.7 Å². The summed E-state index contributed by atoms with van der Waals surface area (Å²) in [5.41, 5.74) is 1.07. The van der Waals surface area contributed by atoms with Gasteiger partial charge in [-0.2, -0.15) is 0 Å². The summed E-state index contributed by atoms with van der Waals surface area (Å²) in [5, 5.41) is 2.84. The first-order chi connectivity index (χ1) is 15.4. The molecule has 2 heterocycles. The van der Waals surface area contributed by atoms with Gasteiger partial charge in [-0.15, -0.1) is 0 Å². The normalized spacial score (nSPS) is 15.4. The third-order valence-corrected chi connectivity index (χ3v) is 4.91. The highest BCUT2D eigenvalue weighted by atomic mass is 19.1. The van der Waals surface area contributed by atoms with Crippen LogP contribution in [0.1, 0.15) is 12.5 Å². The second-order valence-electron chi connectivity index (χ2n) is 6.97. The minimum atomic E-state index is -0.923. The molecule has 1 saturated heterocycles. The second kappa shape index (κ2) is 8.46. The van der Waals surface area contributed by atoms with Gasteiger partial charge in [0.2, 0.25) is 0 Å². The molecule has 0 unspecified atom stereocenters. The van der Waals surface area contributed by atoms with Crippen LogP contribution < -0.4 is 10.2 Å². The second-order valence-corrected chi connectivity index (χ2v) is 6.97. The number of urea groups is 1. The summed E-state index contributed by atoms with van der Waals surface area (Å²) in [7, 11) is 0. The molecule has 162 valence electrons. The Bertz CT molecular complexity index is 1280. The highest BCUT2D eigenvalue weighted by molar-refractivity contribution is 6.39. The van der Waals surface area contributed by atoms with E-state index in [0.29, 0.717) is 16.5 Å². The van der Waals surface area contributed by atoms with Gasteiger partial charge >= 0.3 is 12.0 Å². The first-order valence-corrected chi connectivity index (χ1v) is 9.79. The van der Waals surface area contributed by atoms with Gasteiger partial charge in [-0.1, -0.05) is 18.2 Å². The van der Waals surface area contributed by atoms with Gasteiger partial charge < -0.3 is 9.30 Å². The average molecular weight is 435 g/mol. The predicted octanol–water partition coefficient (Wildman–Crippen LogP) is 3.01. The van der Waals surface area contributed by atoms with E-state index in [9.17, 15) is 23.6 Å². The molecule has 2 aromatic carbocycles. The van der Waals surface area contributed by atoms with Crippen LogP contribution in [0.4, 0.5) is 14.9 Å². The minimum absolute atomic E-state index is 0.0438. The van der Waals surface area contributed by atoms with E-state index >= 15 is 0 Å². The quantitative estimate of drug-likeness (QED) is 0.378. The van der Waals surface area contributed by atoms with Gasteiger partial charge in [-0.25, -0.2) is 14.1 Å². The number of anilines is 1. The molecule has 32 heavy (non-hydrogen) atoms. The fraction of sp³-hybridized carbons (Fsp3) is 0.130. The van der Waals surface area contributed by atoms with Crippen LogP contribution in [0.5, 0.6) is 0 Å². The van der Waals surface area contributed by atoms with Crippen molar-refractivity contribution in [2.24, 2.45) is 0 Å². The first-order valence-electron chi connectivity index (χ1n) is 9.79. The lowest BCUT2D eigenvalue weighted by Crippen LogP contribution is -2.54. The standard InChI is InChI=1S/C23H18FN3O5/c1-2-32-20(28)13-26-12-14(17-5-3-4-6-19(17)26)11-18-21(29)25-23(31)27(22(18)30)16-9-7-15(24)8-10-16/h3-12H,2,13H2,1H3,(H,25,29,31). The Labute approximate surface area is 181 Å². The Morgan fingerprint density at radius 1 is 1.09 bits per heavy atom. The number of halogens is 1. The number of hydrogen-bond donors (Lipinski definition) is 1. The fourth-order valence-corrected chi connectivity index (χ4v) is 3.50. The lowest BCUT2D eigenvalue weighted by molar-refractivity contribution is -0.143. The van der Waals surface area contributed by atoms with Crippen LogP contribution in [-0.2, 0) is 25.7 Å². The van der Waals surface area contributed by atoms with Crippen LogP contribution in [0.3, 0.4) is 0 Å². The van der Waals surface area contributed by atoms with Crippen molar-refractivity contribution in [3.8, 4) is 0 Å². The Balaban J connectivity index is 1.76. The minimum Gasteiger partial charge on any atom is -0.465 e. The third-order valence-electron chi connectivity index (χ3n) is 4.91. The number of rotatable bonds is 5. The molecule has 0 bridgehead atoms. The number of benzene rings is 2. The topological polar surface area (TPSA) is 97.7 Å². The molecule has 0 saturated carbocycles. The van der Waals surface area contributed by atoms with Crippen molar-refractivity contribution in [1.29, 1.82) is 0 Å². The molecule has 0 atom stereocenters. The molecule has 1 fully saturated rings. The summed E-state index contributed by atoms with van der Waals surface area (Å²) in [6, 6.07) is 11.0. The van der Waals surface area contributed by atoms with Gasteiger partial charge in [0.05, 0.1) is 12.3 Å². The number of carbonyl (C=O) groups is 4. The number of ether oxygens (including phenoxy) is 1. The van der Waals surface area contributed by atoms with Crippen molar-refractivity contribution < 1.29 is 28.3 Å². The zero-order valence-electron chi connectivity index (χ0n) is 17.0. The molecule has 1 aliphatic heterocycles. The van der Waals surface area contributed by atoms with Crippen LogP contribution in [-0.4, -0.2) is 35.0 Å². The zero-order chi connectivity index (χ0) is 22.8. The van der Waals surface area contributed by atoms with E-state index in [1.54, 1.807) is 42.0 Å². The molecule has 9 heteroatoms. The largest absolute Gasteiger partial charge is 0.465 e. The van der Waals surface area contributed by atoms with Crippen LogP contribution in [0.2, 0.25) is 0 Å². The number of fused-ring (bicyclic) bond motifs is 1. The van der Waals surface area contributed by atoms with Crippen LogP contribution >= 0.6 is 0 Å². The van der Waals surface area contributed by atoms with E-state index in [4.69, 9.17) is 4.74 Å². The van der Waals surface area contributed by atoms with E-state index in [2.05, 4.69) is 5.32 Å². The molecule has 4 rings (SSSR count). The van der Waals surface area contributed by atoms with Gasteiger partial charge in [-0.3, -0.25) is 19.7 Å². The number of carbonyl (C=O) groups excluding carboxylic acids is 4. The van der Waals surface area contributed by atoms with Crippen molar-refractivity contribution in [2.75, 3.05) is 11.5 Å². The van der Waals surface area contributed by atoms with Crippen molar-refractivity contribution in [2.45, 2.75) is 13.5 Å². The van der Waals surface area contributed by atoms with E-state index in [1.807, 2.05) is 0 Å². The maximum absolute atomic E-state index is 13.3. The van der Waals surface area contributed by atoms with E-state index in [1.165, 1.54) is 18.2 Å². The Morgan fingerprint density at radius 2 is 1.81 bits per heavy atom. The summed E-state index contributed by atoms with van der Waals surface area (Å²) >= 11 is 0. The van der Waals surface area contributed by atoms with Gasteiger partial charge in [0.15, 0.2) is 0 Å². The van der Waals surface area contributed by atoms with E-state index < -0.39 is 29.6 Å². The number of nitrogens with zero attached hydrogens (tertiary/aromatic N) is 2. The molecular formula is C23H18FN3O5. The molecule has 8 nitrogen and oxygen atoms in total. The van der Waals surface area contributed by atoms with Crippen LogP contribution in [0.15, 0.2) is 60.3 Å². The monoisotopic (exact) mass is 435 g/mol. The predicted molar refractivity (Wildman–Crippen MR) is 114 cm³/mol. The number of barbiturate groups is 1. The number of para-hydroxylation sites is 1. The van der Waals surface area contributed by atoms with Crippen molar-refractivity contribution in [1.82, 2.24) is 9.88 Å². The number of imide groups is 2. The smallest absolute Gasteiger partial charge is 0.335 e. The molecular weight excluding hydrogens is 417 g/mol. The van der Waals surface area contributed by atoms with Crippen molar-refractivity contribution >= 4 is 46.5 Å². The van der Waals surface area contributed by atoms with Crippen LogP contribution in [0.25, 0.3) is 17.0 Å². The third kappa shape index (κ3) is 3.87.